The number of nitrogens with zero attached hydrogens (tertiary/aromatic N) is 1. The number of ether oxygens (including phenoxy) is 1. The Labute approximate surface area is 150 Å². The molecule has 5 nitrogen and oxygen atoms in total. The quantitative estimate of drug-likeness (QED) is 0.844. The molecule has 25 heavy (non-hydrogen) atoms. The second-order valence-electron chi connectivity index (χ2n) is 6.53. The molecule has 1 aromatic heterocycles. The lowest BCUT2D eigenvalue weighted by molar-refractivity contribution is -0.127. The van der Waals surface area contributed by atoms with Crippen LogP contribution in [0.1, 0.15) is 24.2 Å². The smallest absolute Gasteiger partial charge is 0.256 e. The van der Waals surface area contributed by atoms with Crippen molar-refractivity contribution in [1.82, 2.24) is 0 Å². The molecule has 0 radical (unpaired) electrons. The highest BCUT2D eigenvalue weighted by molar-refractivity contribution is 7.08. The van der Waals surface area contributed by atoms with Crippen LogP contribution in [-0.4, -0.2) is 25.0 Å². The first-order valence-corrected chi connectivity index (χ1v) is 8.90. The normalized spacial score (nSPS) is 15.8. The number of rotatable bonds is 4. The van der Waals surface area contributed by atoms with Crippen LogP contribution in [0, 0.1) is 5.41 Å². The highest BCUT2D eigenvalue weighted by Crippen LogP contribution is 2.38. The van der Waals surface area contributed by atoms with E-state index in [9.17, 15) is 9.59 Å². The van der Waals surface area contributed by atoms with Crippen LogP contribution in [0.2, 0.25) is 0 Å². The average Bonchev–Trinajstić information content (AvgIpc) is 3.10. The Balaban J connectivity index is 1.94. The van der Waals surface area contributed by atoms with E-state index in [1.54, 1.807) is 40.6 Å². The first kappa shape index (κ1) is 17.2. The maximum absolute atomic E-state index is 12.9. The molecule has 3 rings (SSSR count). The highest BCUT2D eigenvalue weighted by Gasteiger charge is 2.37. The van der Waals surface area contributed by atoms with Crippen molar-refractivity contribution < 1.29 is 14.3 Å². The van der Waals surface area contributed by atoms with Gasteiger partial charge in [0.1, 0.15) is 12.4 Å². The molecule has 0 saturated carbocycles. The van der Waals surface area contributed by atoms with Crippen molar-refractivity contribution in [2.24, 2.45) is 5.41 Å². The molecule has 1 N–H and O–H groups in total. The zero-order valence-electron chi connectivity index (χ0n) is 14.2. The van der Waals surface area contributed by atoms with Crippen LogP contribution >= 0.6 is 11.3 Å². The summed E-state index contributed by atoms with van der Waals surface area (Å²) < 4.78 is 5.84. The largest absolute Gasteiger partial charge is 0.490 e. The minimum atomic E-state index is -0.637. The Kier molecular flexibility index (Phi) is 4.63. The van der Waals surface area contributed by atoms with E-state index in [4.69, 9.17) is 4.74 Å². The molecule has 0 spiro atoms. The number of hydrogen-bond donors (Lipinski definition) is 1. The van der Waals surface area contributed by atoms with E-state index in [0.717, 1.165) is 0 Å². The van der Waals surface area contributed by atoms with Gasteiger partial charge in [0.05, 0.1) is 16.7 Å². The van der Waals surface area contributed by atoms with Crippen molar-refractivity contribution in [3.05, 3.63) is 53.2 Å². The van der Waals surface area contributed by atoms with Crippen LogP contribution in [0.4, 0.5) is 11.4 Å². The molecule has 0 bridgehead atoms. The van der Waals surface area contributed by atoms with Gasteiger partial charge < -0.3 is 15.0 Å². The summed E-state index contributed by atoms with van der Waals surface area (Å²) in [5.74, 6) is 0.402. The van der Waals surface area contributed by atoms with Gasteiger partial charge in [0.2, 0.25) is 5.91 Å². The Hall–Kier alpha value is -2.60. The van der Waals surface area contributed by atoms with E-state index < -0.39 is 5.41 Å². The monoisotopic (exact) mass is 356 g/mol. The minimum Gasteiger partial charge on any atom is -0.490 e. The van der Waals surface area contributed by atoms with E-state index in [-0.39, 0.29) is 11.8 Å². The number of fused-ring (bicyclic) bond motifs is 1. The number of nitrogens with one attached hydrogen (secondary N) is 1. The molecule has 1 aliphatic rings. The molecule has 0 saturated heterocycles. The Morgan fingerprint density at radius 3 is 2.92 bits per heavy atom. The first-order valence-electron chi connectivity index (χ1n) is 7.95. The topological polar surface area (TPSA) is 58.6 Å². The van der Waals surface area contributed by atoms with Crippen LogP contribution < -0.4 is 15.0 Å². The Bertz CT molecular complexity index is 812. The second-order valence-corrected chi connectivity index (χ2v) is 7.31. The van der Waals surface area contributed by atoms with Crippen molar-refractivity contribution in [1.29, 1.82) is 0 Å². The number of benzene rings is 1. The summed E-state index contributed by atoms with van der Waals surface area (Å²) in [7, 11) is 0. The molecule has 130 valence electrons. The lowest BCUT2D eigenvalue weighted by Gasteiger charge is -2.27. The van der Waals surface area contributed by atoms with Crippen LogP contribution in [0.5, 0.6) is 5.75 Å². The van der Waals surface area contributed by atoms with Crippen molar-refractivity contribution >= 4 is 34.5 Å². The molecular weight excluding hydrogens is 336 g/mol. The number of carbonyl (C=O) groups is 2. The van der Waals surface area contributed by atoms with Gasteiger partial charge in [-0.3, -0.25) is 9.59 Å². The van der Waals surface area contributed by atoms with Crippen molar-refractivity contribution in [2.45, 2.75) is 13.8 Å². The van der Waals surface area contributed by atoms with Crippen molar-refractivity contribution in [3.8, 4) is 5.75 Å². The van der Waals surface area contributed by atoms with Crippen LogP contribution in [0.25, 0.3) is 0 Å². The molecule has 0 atom stereocenters. The van der Waals surface area contributed by atoms with Crippen LogP contribution in [-0.2, 0) is 4.79 Å². The van der Waals surface area contributed by atoms with E-state index >= 15 is 0 Å². The fourth-order valence-corrected chi connectivity index (χ4v) is 3.27. The summed E-state index contributed by atoms with van der Waals surface area (Å²) in [5, 5.41) is 6.50. The molecule has 2 heterocycles. The van der Waals surface area contributed by atoms with Gasteiger partial charge in [0.25, 0.3) is 5.91 Å². The van der Waals surface area contributed by atoms with E-state index in [1.165, 1.54) is 11.3 Å². The van der Waals surface area contributed by atoms with Gasteiger partial charge in [-0.15, -0.1) is 6.58 Å². The van der Waals surface area contributed by atoms with E-state index in [1.807, 2.05) is 19.2 Å². The van der Waals surface area contributed by atoms with Gasteiger partial charge in [0, 0.05) is 17.6 Å². The SMILES string of the molecule is C=CCN1C(=O)C(C)(C)COc2ccc(NC(=O)c3ccsc3)cc21. The molecular formula is C19H20N2O3S. The summed E-state index contributed by atoms with van der Waals surface area (Å²) in [6.07, 6.45) is 1.68. The second kappa shape index (κ2) is 6.72. The number of hydrogen-bond acceptors (Lipinski definition) is 4. The lowest BCUT2D eigenvalue weighted by atomic mass is 9.93. The van der Waals surface area contributed by atoms with Gasteiger partial charge in [-0.2, -0.15) is 11.3 Å². The van der Waals surface area contributed by atoms with E-state index in [0.29, 0.717) is 35.8 Å². The van der Waals surface area contributed by atoms with Gasteiger partial charge >= 0.3 is 0 Å². The summed E-state index contributed by atoms with van der Waals surface area (Å²) in [6.45, 7) is 8.13. The summed E-state index contributed by atoms with van der Waals surface area (Å²) in [6, 6.07) is 7.09. The van der Waals surface area contributed by atoms with Gasteiger partial charge in [0.15, 0.2) is 0 Å². The molecule has 0 unspecified atom stereocenters. The lowest BCUT2D eigenvalue weighted by Crippen LogP contribution is -2.42. The van der Waals surface area contributed by atoms with Gasteiger partial charge in [-0.25, -0.2) is 0 Å². The molecule has 1 aromatic carbocycles. The van der Waals surface area contributed by atoms with Crippen LogP contribution in [0.15, 0.2) is 47.7 Å². The van der Waals surface area contributed by atoms with Crippen molar-refractivity contribution in [3.63, 3.8) is 0 Å². The molecule has 2 aromatic rings. The molecule has 0 fully saturated rings. The zero-order chi connectivity index (χ0) is 18.0. The molecule has 2 amide bonds. The number of carbonyl (C=O) groups excluding carboxylic acids is 2. The Morgan fingerprint density at radius 2 is 2.24 bits per heavy atom. The fourth-order valence-electron chi connectivity index (χ4n) is 2.63. The third kappa shape index (κ3) is 3.44. The van der Waals surface area contributed by atoms with Crippen LogP contribution in [0.3, 0.4) is 0 Å². The third-order valence-corrected chi connectivity index (χ3v) is 4.70. The summed E-state index contributed by atoms with van der Waals surface area (Å²) in [4.78, 5) is 26.8. The number of anilines is 2. The van der Waals surface area contributed by atoms with E-state index in [2.05, 4.69) is 11.9 Å². The fraction of sp³-hybridized carbons (Fsp3) is 0.263. The predicted octanol–water partition coefficient (Wildman–Crippen LogP) is 3.94. The van der Waals surface area contributed by atoms with Gasteiger partial charge in [-0.1, -0.05) is 6.08 Å². The maximum Gasteiger partial charge on any atom is 0.256 e. The van der Waals surface area contributed by atoms with Gasteiger partial charge in [-0.05, 0) is 43.5 Å². The molecule has 1 aliphatic heterocycles. The maximum atomic E-state index is 12.9. The number of thiophene rings is 1. The summed E-state index contributed by atoms with van der Waals surface area (Å²) >= 11 is 1.47. The zero-order valence-corrected chi connectivity index (χ0v) is 15.1. The minimum absolute atomic E-state index is 0.0348. The van der Waals surface area contributed by atoms with Crippen molar-refractivity contribution in [2.75, 3.05) is 23.4 Å². The third-order valence-electron chi connectivity index (χ3n) is 4.02. The number of amides is 2. The Morgan fingerprint density at radius 1 is 1.44 bits per heavy atom. The average molecular weight is 356 g/mol. The summed E-state index contributed by atoms with van der Waals surface area (Å²) in [5.41, 5.74) is 1.22. The first-order chi connectivity index (χ1) is 11.9. The molecule has 6 heteroatoms. The highest BCUT2D eigenvalue weighted by atomic mass is 32.1. The standard InChI is InChI=1S/C19H20N2O3S/c1-4-8-21-15-10-14(20-17(22)13-7-9-25-11-13)5-6-16(15)24-12-19(2,3)18(21)23/h4-7,9-11H,1,8,12H2,2-3H3,(H,20,22). The molecule has 0 aliphatic carbocycles. The predicted molar refractivity (Wildman–Crippen MR) is 101 cm³/mol.